The molecule has 0 saturated heterocycles. The van der Waals surface area contributed by atoms with Gasteiger partial charge in [-0.15, -0.1) is 0 Å². The fraction of sp³-hybridized carbons (Fsp3) is 0.824. The third-order valence-corrected chi connectivity index (χ3v) is 4.19. The van der Waals surface area contributed by atoms with E-state index in [2.05, 4.69) is 24.1 Å². The van der Waals surface area contributed by atoms with Gasteiger partial charge in [0.25, 0.3) is 0 Å². The van der Waals surface area contributed by atoms with Crippen molar-refractivity contribution in [3.63, 3.8) is 0 Å². The Morgan fingerprint density at radius 2 is 2.00 bits per heavy atom. The highest BCUT2D eigenvalue weighted by Crippen LogP contribution is 2.26. The molecule has 0 unspecified atom stereocenters. The molecule has 0 atom stereocenters. The number of nitrogens with one attached hydrogen (secondary N) is 1. The van der Waals surface area contributed by atoms with E-state index in [0.717, 1.165) is 43.4 Å². The average molecular weight is 278 g/mol. The Labute approximate surface area is 123 Å². The fourth-order valence-electron chi connectivity index (χ4n) is 3.04. The van der Waals surface area contributed by atoms with Crippen molar-refractivity contribution in [3.8, 4) is 0 Å². The summed E-state index contributed by atoms with van der Waals surface area (Å²) in [5.74, 6) is 2.84. The molecule has 1 aromatic rings. The van der Waals surface area contributed by atoms with Crippen molar-refractivity contribution < 1.29 is 4.42 Å². The van der Waals surface area contributed by atoms with Crippen molar-refractivity contribution in [2.24, 2.45) is 5.92 Å². The van der Waals surface area contributed by atoms with Crippen molar-refractivity contribution in [2.75, 3.05) is 6.54 Å². The van der Waals surface area contributed by atoms with Crippen LogP contribution in [0.15, 0.2) is 10.6 Å². The molecule has 0 radical (unpaired) electrons. The third kappa shape index (κ3) is 5.66. The van der Waals surface area contributed by atoms with Crippen LogP contribution < -0.4 is 5.32 Å². The SMILES string of the molecule is CC(C)NCCCc1ncc(CC2CCCCCC2)o1. The maximum Gasteiger partial charge on any atom is 0.194 e. The lowest BCUT2D eigenvalue weighted by Crippen LogP contribution is -2.23. The van der Waals surface area contributed by atoms with Crippen LogP contribution >= 0.6 is 0 Å². The number of nitrogens with zero attached hydrogens (tertiary/aromatic N) is 1. The van der Waals surface area contributed by atoms with E-state index in [-0.39, 0.29) is 0 Å². The van der Waals surface area contributed by atoms with Gasteiger partial charge in [0, 0.05) is 18.9 Å². The first-order chi connectivity index (χ1) is 9.74. The topological polar surface area (TPSA) is 38.1 Å². The number of aryl methyl sites for hydroxylation is 1. The molecule has 1 saturated carbocycles. The molecule has 114 valence electrons. The lowest BCUT2D eigenvalue weighted by molar-refractivity contribution is 0.384. The van der Waals surface area contributed by atoms with Gasteiger partial charge in [0.05, 0.1) is 6.20 Å². The summed E-state index contributed by atoms with van der Waals surface area (Å²) in [6.07, 6.45) is 13.5. The molecule has 3 heteroatoms. The van der Waals surface area contributed by atoms with Gasteiger partial charge in [0.1, 0.15) is 5.76 Å². The Bertz CT molecular complexity index is 365. The van der Waals surface area contributed by atoms with Gasteiger partial charge >= 0.3 is 0 Å². The summed E-state index contributed by atoms with van der Waals surface area (Å²) in [6.45, 7) is 5.39. The zero-order valence-electron chi connectivity index (χ0n) is 13.2. The van der Waals surface area contributed by atoms with Crippen molar-refractivity contribution >= 4 is 0 Å². The van der Waals surface area contributed by atoms with E-state index in [1.807, 2.05) is 6.20 Å². The van der Waals surface area contributed by atoms with Crippen LogP contribution in [0.25, 0.3) is 0 Å². The first kappa shape index (κ1) is 15.6. The summed E-state index contributed by atoms with van der Waals surface area (Å²) < 4.78 is 5.90. The summed E-state index contributed by atoms with van der Waals surface area (Å²) in [4.78, 5) is 4.43. The molecule has 0 aliphatic heterocycles. The largest absolute Gasteiger partial charge is 0.446 e. The second kappa shape index (κ2) is 8.46. The van der Waals surface area contributed by atoms with Crippen LogP contribution in [0.3, 0.4) is 0 Å². The summed E-state index contributed by atoms with van der Waals surface area (Å²) in [7, 11) is 0. The summed E-state index contributed by atoms with van der Waals surface area (Å²) in [5.41, 5.74) is 0. The molecule has 20 heavy (non-hydrogen) atoms. The molecule has 1 aliphatic carbocycles. The van der Waals surface area contributed by atoms with Crippen molar-refractivity contribution in [1.82, 2.24) is 10.3 Å². The minimum Gasteiger partial charge on any atom is -0.446 e. The summed E-state index contributed by atoms with van der Waals surface area (Å²) in [6, 6.07) is 0.561. The van der Waals surface area contributed by atoms with E-state index in [4.69, 9.17) is 4.42 Å². The molecule has 1 aliphatic rings. The van der Waals surface area contributed by atoms with E-state index < -0.39 is 0 Å². The lowest BCUT2D eigenvalue weighted by Gasteiger charge is -2.11. The molecule has 3 nitrogen and oxygen atoms in total. The van der Waals surface area contributed by atoms with Gasteiger partial charge in [0.15, 0.2) is 5.89 Å². The summed E-state index contributed by atoms with van der Waals surface area (Å²) in [5, 5.41) is 3.43. The molecule has 1 aromatic heterocycles. The van der Waals surface area contributed by atoms with Crippen LogP contribution in [-0.2, 0) is 12.8 Å². The predicted octanol–water partition coefficient (Wildman–Crippen LogP) is 4.12. The minimum absolute atomic E-state index is 0.561. The van der Waals surface area contributed by atoms with Crippen LogP contribution in [0.5, 0.6) is 0 Å². The smallest absolute Gasteiger partial charge is 0.194 e. The molecule has 0 amide bonds. The van der Waals surface area contributed by atoms with Gasteiger partial charge < -0.3 is 9.73 Å². The fourth-order valence-corrected chi connectivity index (χ4v) is 3.04. The zero-order chi connectivity index (χ0) is 14.2. The van der Waals surface area contributed by atoms with Gasteiger partial charge in [0.2, 0.25) is 0 Å². The normalized spacial score (nSPS) is 17.6. The Morgan fingerprint density at radius 3 is 2.70 bits per heavy atom. The molecular weight excluding hydrogens is 248 g/mol. The molecular formula is C17H30N2O. The molecule has 1 heterocycles. The molecule has 0 bridgehead atoms. The minimum atomic E-state index is 0.561. The van der Waals surface area contributed by atoms with Crippen molar-refractivity contribution in [1.29, 1.82) is 0 Å². The van der Waals surface area contributed by atoms with E-state index in [1.54, 1.807) is 0 Å². The number of rotatable bonds is 7. The van der Waals surface area contributed by atoms with Crippen LogP contribution in [0.2, 0.25) is 0 Å². The second-order valence-corrected chi connectivity index (χ2v) is 6.49. The Kier molecular flexibility index (Phi) is 6.58. The maximum absolute atomic E-state index is 5.90. The number of hydrogen-bond acceptors (Lipinski definition) is 3. The van der Waals surface area contributed by atoms with E-state index >= 15 is 0 Å². The quantitative estimate of drug-likeness (QED) is 0.602. The number of oxazole rings is 1. The highest BCUT2D eigenvalue weighted by Gasteiger charge is 2.15. The molecule has 0 aromatic carbocycles. The van der Waals surface area contributed by atoms with Crippen molar-refractivity contribution in [2.45, 2.75) is 77.7 Å². The second-order valence-electron chi connectivity index (χ2n) is 6.49. The molecule has 1 fully saturated rings. The molecule has 1 N–H and O–H groups in total. The number of hydrogen-bond donors (Lipinski definition) is 1. The Morgan fingerprint density at radius 1 is 1.25 bits per heavy atom. The predicted molar refractivity (Wildman–Crippen MR) is 82.9 cm³/mol. The Hall–Kier alpha value is -0.830. The first-order valence-electron chi connectivity index (χ1n) is 8.41. The maximum atomic E-state index is 5.90. The van der Waals surface area contributed by atoms with Crippen LogP contribution in [-0.4, -0.2) is 17.6 Å². The average Bonchev–Trinajstić information content (AvgIpc) is 2.69. The van der Waals surface area contributed by atoms with Gasteiger partial charge in [-0.3, -0.25) is 0 Å². The Balaban J connectivity index is 1.71. The van der Waals surface area contributed by atoms with E-state index in [1.165, 1.54) is 38.5 Å². The lowest BCUT2D eigenvalue weighted by atomic mass is 9.96. The zero-order valence-corrected chi connectivity index (χ0v) is 13.2. The van der Waals surface area contributed by atoms with Crippen LogP contribution in [0, 0.1) is 5.92 Å². The highest BCUT2D eigenvalue weighted by molar-refractivity contribution is 4.96. The van der Waals surface area contributed by atoms with E-state index in [9.17, 15) is 0 Å². The van der Waals surface area contributed by atoms with Crippen LogP contribution in [0.4, 0.5) is 0 Å². The molecule has 0 spiro atoms. The monoisotopic (exact) mass is 278 g/mol. The third-order valence-electron chi connectivity index (χ3n) is 4.19. The van der Waals surface area contributed by atoms with Gasteiger partial charge in [-0.05, 0) is 18.9 Å². The van der Waals surface area contributed by atoms with Gasteiger partial charge in [-0.1, -0.05) is 52.4 Å². The van der Waals surface area contributed by atoms with E-state index in [0.29, 0.717) is 6.04 Å². The van der Waals surface area contributed by atoms with Gasteiger partial charge in [-0.2, -0.15) is 0 Å². The van der Waals surface area contributed by atoms with Crippen molar-refractivity contribution in [3.05, 3.63) is 17.8 Å². The number of aromatic nitrogens is 1. The standard InChI is InChI=1S/C17H30N2O/c1-14(2)18-11-7-10-17-19-13-16(20-17)12-15-8-5-3-4-6-9-15/h13-15,18H,3-12H2,1-2H3. The molecule has 2 rings (SSSR count). The highest BCUT2D eigenvalue weighted by atomic mass is 16.4. The van der Waals surface area contributed by atoms with Gasteiger partial charge in [-0.25, -0.2) is 4.98 Å². The summed E-state index contributed by atoms with van der Waals surface area (Å²) >= 11 is 0. The van der Waals surface area contributed by atoms with Crippen LogP contribution in [0.1, 0.15) is 70.4 Å². The first-order valence-corrected chi connectivity index (χ1v) is 8.41.